The average molecular weight is 401 g/mol. The maximum absolute atomic E-state index is 12.7. The number of imide groups is 1. The Bertz CT molecular complexity index is 1010. The maximum Gasteiger partial charge on any atom is 0.325 e. The highest BCUT2D eigenvalue weighted by Gasteiger charge is 2.49. The van der Waals surface area contributed by atoms with Crippen molar-refractivity contribution in [2.24, 2.45) is 4.99 Å². The lowest BCUT2D eigenvalue weighted by Crippen LogP contribution is -2.63. The number of halogens is 1. The molecule has 2 atom stereocenters. The van der Waals surface area contributed by atoms with E-state index in [4.69, 9.17) is 16.6 Å². The van der Waals surface area contributed by atoms with E-state index in [1.807, 2.05) is 49.9 Å². The molecule has 146 valence electrons. The number of hydrogen-bond donors (Lipinski definition) is 1. The Balaban J connectivity index is 1.82. The van der Waals surface area contributed by atoms with Crippen molar-refractivity contribution in [1.29, 1.82) is 0 Å². The van der Waals surface area contributed by atoms with Gasteiger partial charge in [-0.25, -0.2) is 14.5 Å². The van der Waals surface area contributed by atoms with Crippen LogP contribution in [0.15, 0.2) is 29.3 Å². The van der Waals surface area contributed by atoms with Crippen molar-refractivity contribution in [3.05, 3.63) is 51.8 Å². The highest BCUT2D eigenvalue weighted by atomic mass is 35.5. The molecule has 2 aromatic rings. The highest BCUT2D eigenvalue weighted by Crippen LogP contribution is 2.29. The number of nitrogens with zero attached hydrogens (tertiary/aromatic N) is 5. The van der Waals surface area contributed by atoms with Gasteiger partial charge in [-0.05, 0) is 38.0 Å². The van der Waals surface area contributed by atoms with Crippen LogP contribution >= 0.6 is 11.6 Å². The first-order chi connectivity index (χ1) is 13.3. The van der Waals surface area contributed by atoms with E-state index in [2.05, 4.69) is 10.4 Å². The summed E-state index contributed by atoms with van der Waals surface area (Å²) >= 11 is 6.37. The Kier molecular flexibility index (Phi) is 4.38. The molecule has 1 saturated heterocycles. The first-order valence-electron chi connectivity index (χ1n) is 8.98. The van der Waals surface area contributed by atoms with Gasteiger partial charge in [0.2, 0.25) is 5.96 Å². The molecule has 2 aliphatic heterocycles. The number of urea groups is 1. The van der Waals surface area contributed by atoms with E-state index in [0.29, 0.717) is 17.5 Å². The molecule has 1 N–H and O–H groups in total. The zero-order valence-electron chi connectivity index (χ0n) is 16.1. The van der Waals surface area contributed by atoms with Crippen LogP contribution in [0.2, 0.25) is 5.02 Å². The molecule has 0 aliphatic carbocycles. The lowest BCUT2D eigenvalue weighted by atomic mass is 10.1. The van der Waals surface area contributed by atoms with Gasteiger partial charge < -0.3 is 9.80 Å². The van der Waals surface area contributed by atoms with Gasteiger partial charge in [0.1, 0.15) is 0 Å². The number of amides is 3. The second kappa shape index (κ2) is 6.63. The Morgan fingerprint density at radius 3 is 2.54 bits per heavy atom. The molecule has 4 rings (SSSR count). The topological polar surface area (TPSA) is 82.8 Å². The first kappa shape index (κ1) is 18.5. The maximum atomic E-state index is 12.7. The molecule has 8 nitrogen and oxygen atoms in total. The number of nitrogens with one attached hydrogen (secondary N) is 1. The molecule has 0 spiro atoms. The molecule has 1 aromatic heterocycles. The van der Waals surface area contributed by atoms with Crippen LogP contribution in [0.1, 0.15) is 22.5 Å². The van der Waals surface area contributed by atoms with E-state index >= 15 is 0 Å². The fourth-order valence-corrected chi connectivity index (χ4v) is 3.78. The number of carbonyl (C=O) groups excluding carboxylic acids is 2. The van der Waals surface area contributed by atoms with Crippen molar-refractivity contribution in [3.8, 4) is 0 Å². The van der Waals surface area contributed by atoms with Crippen molar-refractivity contribution in [2.45, 2.75) is 39.5 Å². The van der Waals surface area contributed by atoms with Gasteiger partial charge in [-0.2, -0.15) is 5.10 Å². The van der Waals surface area contributed by atoms with E-state index in [0.717, 1.165) is 22.5 Å². The molecule has 0 radical (unpaired) electrons. The summed E-state index contributed by atoms with van der Waals surface area (Å²) in [6, 6.07) is 6.37. The number of likely N-dealkylation sites (N-methyl/N-ethyl adjacent to an activating group) is 1. The molecule has 3 heterocycles. The summed E-state index contributed by atoms with van der Waals surface area (Å²) in [5.41, 5.74) is 3.75. The molecular weight excluding hydrogens is 380 g/mol. The third-order valence-corrected chi connectivity index (χ3v) is 5.85. The second-order valence-electron chi connectivity index (χ2n) is 7.12. The van der Waals surface area contributed by atoms with Crippen molar-refractivity contribution in [2.75, 3.05) is 7.05 Å². The third-order valence-electron chi connectivity index (χ3n) is 5.48. The number of aromatic nitrogens is 2. The minimum absolute atomic E-state index is 0.368. The monoisotopic (exact) mass is 400 g/mol. The summed E-state index contributed by atoms with van der Waals surface area (Å²) in [5.74, 6) is 0.150. The van der Waals surface area contributed by atoms with E-state index in [-0.39, 0.29) is 5.91 Å². The van der Waals surface area contributed by atoms with Gasteiger partial charge in [0.15, 0.2) is 12.2 Å². The highest BCUT2D eigenvalue weighted by molar-refractivity contribution is 6.31. The van der Waals surface area contributed by atoms with Crippen LogP contribution in [-0.4, -0.2) is 56.7 Å². The van der Waals surface area contributed by atoms with Crippen LogP contribution in [-0.2, 0) is 11.3 Å². The third kappa shape index (κ3) is 2.75. The van der Waals surface area contributed by atoms with E-state index in [1.54, 1.807) is 11.7 Å². The van der Waals surface area contributed by atoms with Crippen molar-refractivity contribution >= 4 is 29.5 Å². The average Bonchev–Trinajstić information content (AvgIpc) is 3.15. The van der Waals surface area contributed by atoms with Crippen molar-refractivity contribution in [3.63, 3.8) is 0 Å². The number of fused-ring (bicyclic) bond motifs is 1. The molecular formula is C19H21ClN6O2. The van der Waals surface area contributed by atoms with Crippen LogP contribution < -0.4 is 5.32 Å². The molecule has 0 saturated carbocycles. The lowest BCUT2D eigenvalue weighted by molar-refractivity contribution is -0.127. The number of hydrogen-bond acceptors (Lipinski definition) is 5. The van der Waals surface area contributed by atoms with Gasteiger partial charge in [-0.1, -0.05) is 29.8 Å². The molecule has 1 fully saturated rings. The zero-order valence-corrected chi connectivity index (χ0v) is 16.9. The summed E-state index contributed by atoms with van der Waals surface area (Å²) < 4.78 is 1.74. The van der Waals surface area contributed by atoms with Crippen LogP contribution in [0.25, 0.3) is 0 Å². The number of rotatable bonds is 2. The minimum atomic E-state index is -0.654. The van der Waals surface area contributed by atoms with Crippen LogP contribution in [0.4, 0.5) is 4.79 Å². The molecule has 1 aromatic carbocycles. The van der Waals surface area contributed by atoms with E-state index in [9.17, 15) is 9.59 Å². The summed E-state index contributed by atoms with van der Waals surface area (Å²) in [6.07, 6.45) is -0.622. The Morgan fingerprint density at radius 2 is 1.89 bits per heavy atom. The fourth-order valence-electron chi connectivity index (χ4n) is 3.58. The Labute approximate surface area is 167 Å². The fraction of sp³-hybridized carbons (Fsp3) is 0.368. The molecule has 9 heteroatoms. The Hall–Kier alpha value is -2.87. The zero-order chi connectivity index (χ0) is 20.2. The summed E-state index contributed by atoms with van der Waals surface area (Å²) in [4.78, 5) is 32.8. The number of benzene rings is 1. The van der Waals surface area contributed by atoms with E-state index in [1.165, 1.54) is 4.90 Å². The second-order valence-corrected chi connectivity index (χ2v) is 7.53. The van der Waals surface area contributed by atoms with Gasteiger partial charge in [-0.15, -0.1) is 0 Å². The van der Waals surface area contributed by atoms with Gasteiger partial charge in [-0.3, -0.25) is 10.1 Å². The van der Waals surface area contributed by atoms with Gasteiger partial charge in [0.05, 0.1) is 5.69 Å². The minimum Gasteiger partial charge on any atom is -0.321 e. The predicted molar refractivity (Wildman–Crippen MR) is 105 cm³/mol. The normalized spacial score (nSPS) is 21.7. The van der Waals surface area contributed by atoms with Gasteiger partial charge in [0.25, 0.3) is 5.91 Å². The van der Waals surface area contributed by atoms with Crippen LogP contribution in [0, 0.1) is 20.8 Å². The predicted octanol–water partition coefficient (Wildman–Crippen LogP) is 2.06. The SMILES string of the molecule is Cc1nn(C2=NC3C(C(=O)NC(=O)N3C)N2Cc2ccccc2Cl)c(C)c1C. The van der Waals surface area contributed by atoms with Gasteiger partial charge in [0, 0.05) is 24.3 Å². The lowest BCUT2D eigenvalue weighted by Gasteiger charge is -2.36. The molecule has 2 aliphatic rings. The quantitative estimate of drug-likeness (QED) is 0.836. The standard InChI is InChI=1S/C19H21ClN6O2/c1-10-11(2)23-26(12(10)3)18-21-16-15(17(27)22-19(28)24(16)4)25(18)9-13-7-5-6-8-14(13)20/h5-8,15-16H,9H2,1-4H3,(H,22,27,28). The molecule has 2 unspecified atom stereocenters. The van der Waals surface area contributed by atoms with E-state index < -0.39 is 18.2 Å². The number of aryl methyl sites for hydroxylation is 1. The number of aliphatic imine (C=N–C) groups is 1. The Morgan fingerprint density at radius 1 is 1.18 bits per heavy atom. The summed E-state index contributed by atoms with van der Waals surface area (Å²) in [5, 5.41) is 7.62. The largest absolute Gasteiger partial charge is 0.325 e. The summed E-state index contributed by atoms with van der Waals surface area (Å²) in [7, 11) is 1.63. The molecule has 28 heavy (non-hydrogen) atoms. The van der Waals surface area contributed by atoms with Crippen molar-refractivity contribution in [1.82, 2.24) is 24.9 Å². The summed E-state index contributed by atoms with van der Waals surface area (Å²) in [6.45, 7) is 6.26. The first-order valence-corrected chi connectivity index (χ1v) is 9.36. The van der Waals surface area contributed by atoms with Crippen LogP contribution in [0.3, 0.4) is 0 Å². The number of carbonyl (C=O) groups is 2. The van der Waals surface area contributed by atoms with Crippen LogP contribution in [0.5, 0.6) is 0 Å². The smallest absolute Gasteiger partial charge is 0.321 e. The van der Waals surface area contributed by atoms with Gasteiger partial charge >= 0.3 is 6.03 Å². The molecule has 0 bridgehead atoms. The molecule has 3 amide bonds. The van der Waals surface area contributed by atoms with Crippen molar-refractivity contribution < 1.29 is 9.59 Å².